The van der Waals surface area contributed by atoms with Crippen LogP contribution in [0.4, 0.5) is 0 Å². The van der Waals surface area contributed by atoms with Crippen LogP contribution in [0.5, 0.6) is 11.5 Å². The van der Waals surface area contributed by atoms with E-state index in [1.165, 1.54) is 12.8 Å². The van der Waals surface area contributed by atoms with Crippen LogP contribution in [-0.4, -0.2) is 38.0 Å². The van der Waals surface area contributed by atoms with Crippen LogP contribution in [0.25, 0.3) is 0 Å². The first-order valence-electron chi connectivity index (χ1n) is 7.17. The number of benzene rings is 1. The third kappa shape index (κ3) is 3.87. The molecule has 1 aromatic carbocycles. The minimum absolute atomic E-state index is 0.119. The third-order valence-electron chi connectivity index (χ3n) is 3.91. The fourth-order valence-electron chi connectivity index (χ4n) is 2.33. The summed E-state index contributed by atoms with van der Waals surface area (Å²) in [6, 6.07) is 5.91. The fourth-order valence-corrected chi connectivity index (χ4v) is 2.33. The molecule has 0 heterocycles. The van der Waals surface area contributed by atoms with Gasteiger partial charge in [-0.1, -0.05) is 6.07 Å². The maximum absolute atomic E-state index is 9.69. The van der Waals surface area contributed by atoms with Crippen molar-refractivity contribution >= 4 is 0 Å². The Bertz CT molecular complexity index is 445. The van der Waals surface area contributed by atoms with Gasteiger partial charge in [0.1, 0.15) is 0 Å². The number of hydrogen-bond donors (Lipinski definition) is 2. The number of aliphatic hydroxyl groups is 1. The molecule has 0 spiro atoms. The molecule has 0 aliphatic heterocycles. The van der Waals surface area contributed by atoms with Gasteiger partial charge in [-0.05, 0) is 56.3 Å². The van der Waals surface area contributed by atoms with Gasteiger partial charge in [-0.2, -0.15) is 0 Å². The van der Waals surface area contributed by atoms with Crippen molar-refractivity contribution in [3.05, 3.63) is 23.8 Å². The Morgan fingerprint density at radius 1 is 1.25 bits per heavy atom. The Balaban J connectivity index is 2.05. The molecule has 2 N–H and O–H groups in total. The minimum Gasteiger partial charge on any atom is -0.493 e. The normalized spacial score (nSPS) is 17.6. The zero-order valence-corrected chi connectivity index (χ0v) is 12.6. The quantitative estimate of drug-likeness (QED) is 0.764. The highest BCUT2D eigenvalue weighted by molar-refractivity contribution is 5.43. The molecule has 1 saturated carbocycles. The molecular weight excluding hydrogens is 254 g/mol. The van der Waals surface area contributed by atoms with E-state index in [1.54, 1.807) is 14.2 Å². The summed E-state index contributed by atoms with van der Waals surface area (Å²) in [5.74, 6) is 2.26. The molecule has 1 aliphatic carbocycles. The van der Waals surface area contributed by atoms with Crippen LogP contribution in [0, 0.1) is 5.92 Å². The fraction of sp³-hybridized carbons (Fsp3) is 0.625. The summed E-state index contributed by atoms with van der Waals surface area (Å²) in [5, 5.41) is 13.2. The van der Waals surface area contributed by atoms with E-state index in [-0.39, 0.29) is 12.1 Å². The van der Waals surface area contributed by atoms with Gasteiger partial charge in [0, 0.05) is 5.54 Å². The van der Waals surface area contributed by atoms with Crippen LogP contribution in [0.15, 0.2) is 18.2 Å². The maximum Gasteiger partial charge on any atom is 0.160 e. The van der Waals surface area contributed by atoms with Gasteiger partial charge in [-0.25, -0.2) is 0 Å². The molecule has 1 fully saturated rings. The monoisotopic (exact) mass is 279 g/mol. The van der Waals surface area contributed by atoms with Crippen molar-refractivity contribution in [2.45, 2.75) is 31.7 Å². The first-order chi connectivity index (χ1) is 9.60. The maximum atomic E-state index is 9.69. The zero-order chi connectivity index (χ0) is 14.6. The Morgan fingerprint density at radius 3 is 2.50 bits per heavy atom. The molecular formula is C16H25NO3. The van der Waals surface area contributed by atoms with E-state index in [0.29, 0.717) is 0 Å². The average molecular weight is 279 g/mol. The SMILES string of the molecule is COc1ccc(CC(C)(CO)NCC2CC2)cc1OC. The van der Waals surface area contributed by atoms with Crippen molar-refractivity contribution in [2.24, 2.45) is 5.92 Å². The largest absolute Gasteiger partial charge is 0.493 e. The molecule has 4 heteroatoms. The second-order valence-electron chi connectivity index (χ2n) is 5.91. The lowest BCUT2D eigenvalue weighted by molar-refractivity contribution is 0.172. The molecule has 1 aromatic rings. The summed E-state index contributed by atoms with van der Waals surface area (Å²) in [7, 11) is 3.27. The van der Waals surface area contributed by atoms with Gasteiger partial charge < -0.3 is 19.9 Å². The van der Waals surface area contributed by atoms with E-state index < -0.39 is 0 Å². The molecule has 0 radical (unpaired) electrons. The van der Waals surface area contributed by atoms with Crippen LogP contribution >= 0.6 is 0 Å². The first-order valence-corrected chi connectivity index (χ1v) is 7.17. The van der Waals surface area contributed by atoms with E-state index in [9.17, 15) is 5.11 Å². The van der Waals surface area contributed by atoms with Gasteiger partial charge in [0.15, 0.2) is 11.5 Å². The predicted octanol–water partition coefficient (Wildman–Crippen LogP) is 2.00. The molecule has 0 aromatic heterocycles. The minimum atomic E-state index is -0.289. The molecule has 2 rings (SSSR count). The molecule has 1 atom stereocenters. The van der Waals surface area contributed by atoms with Crippen molar-refractivity contribution in [2.75, 3.05) is 27.4 Å². The van der Waals surface area contributed by atoms with Crippen molar-refractivity contribution in [1.29, 1.82) is 0 Å². The first kappa shape index (κ1) is 15.1. The highest BCUT2D eigenvalue weighted by Gasteiger charge is 2.28. The molecule has 0 saturated heterocycles. The molecule has 4 nitrogen and oxygen atoms in total. The number of nitrogens with one attached hydrogen (secondary N) is 1. The van der Waals surface area contributed by atoms with Crippen LogP contribution < -0.4 is 14.8 Å². The summed E-state index contributed by atoms with van der Waals surface area (Å²) in [5.41, 5.74) is 0.838. The lowest BCUT2D eigenvalue weighted by Crippen LogP contribution is -2.48. The van der Waals surface area contributed by atoms with Crippen LogP contribution in [0.1, 0.15) is 25.3 Å². The molecule has 20 heavy (non-hydrogen) atoms. The van der Waals surface area contributed by atoms with E-state index in [1.807, 2.05) is 18.2 Å². The van der Waals surface area contributed by atoms with Gasteiger partial charge >= 0.3 is 0 Å². The lowest BCUT2D eigenvalue weighted by Gasteiger charge is -2.29. The van der Waals surface area contributed by atoms with Crippen LogP contribution in [0.3, 0.4) is 0 Å². The Hall–Kier alpha value is -1.26. The topological polar surface area (TPSA) is 50.7 Å². The van der Waals surface area contributed by atoms with Gasteiger partial charge in [-0.3, -0.25) is 0 Å². The second-order valence-corrected chi connectivity index (χ2v) is 5.91. The van der Waals surface area contributed by atoms with Gasteiger partial charge in [0.05, 0.1) is 20.8 Å². The van der Waals surface area contributed by atoms with Gasteiger partial charge in [-0.15, -0.1) is 0 Å². The van der Waals surface area contributed by atoms with Gasteiger partial charge in [0.2, 0.25) is 0 Å². The number of hydrogen-bond acceptors (Lipinski definition) is 4. The summed E-state index contributed by atoms with van der Waals surface area (Å²) >= 11 is 0. The van der Waals surface area contributed by atoms with Crippen molar-refractivity contribution in [3.63, 3.8) is 0 Å². The molecule has 0 bridgehead atoms. The van der Waals surface area contributed by atoms with Crippen LogP contribution in [0.2, 0.25) is 0 Å². The summed E-state index contributed by atoms with van der Waals surface area (Å²) in [6.07, 6.45) is 3.38. The second kappa shape index (κ2) is 6.46. The predicted molar refractivity (Wildman–Crippen MR) is 79.5 cm³/mol. The summed E-state index contributed by atoms with van der Waals surface area (Å²) in [6.45, 7) is 3.17. The highest BCUT2D eigenvalue weighted by Crippen LogP contribution is 2.30. The Labute approximate surface area is 121 Å². The molecule has 1 aliphatic rings. The van der Waals surface area contributed by atoms with E-state index in [0.717, 1.165) is 35.9 Å². The van der Waals surface area contributed by atoms with Gasteiger partial charge in [0.25, 0.3) is 0 Å². The van der Waals surface area contributed by atoms with Crippen molar-refractivity contribution in [3.8, 4) is 11.5 Å². The highest BCUT2D eigenvalue weighted by atomic mass is 16.5. The summed E-state index contributed by atoms with van der Waals surface area (Å²) < 4.78 is 10.6. The van der Waals surface area contributed by atoms with E-state index in [4.69, 9.17) is 9.47 Å². The molecule has 0 amide bonds. The third-order valence-corrected chi connectivity index (χ3v) is 3.91. The van der Waals surface area contributed by atoms with E-state index in [2.05, 4.69) is 12.2 Å². The average Bonchev–Trinajstić information content (AvgIpc) is 3.29. The number of aliphatic hydroxyl groups excluding tert-OH is 1. The lowest BCUT2D eigenvalue weighted by atomic mass is 9.93. The number of rotatable bonds is 8. The van der Waals surface area contributed by atoms with Crippen molar-refractivity contribution in [1.82, 2.24) is 5.32 Å². The number of methoxy groups -OCH3 is 2. The number of ether oxygens (including phenoxy) is 2. The van der Waals surface area contributed by atoms with Crippen molar-refractivity contribution < 1.29 is 14.6 Å². The summed E-state index contributed by atoms with van der Waals surface area (Å²) in [4.78, 5) is 0. The molecule has 1 unspecified atom stereocenters. The Morgan fingerprint density at radius 2 is 1.95 bits per heavy atom. The molecule has 112 valence electrons. The zero-order valence-electron chi connectivity index (χ0n) is 12.6. The van der Waals surface area contributed by atoms with Crippen LogP contribution in [-0.2, 0) is 6.42 Å². The Kier molecular flexibility index (Phi) is 4.89. The standard InChI is InChI=1S/C16H25NO3/c1-16(11-18,17-10-12-4-5-12)9-13-6-7-14(19-2)15(8-13)20-3/h6-8,12,17-18H,4-5,9-11H2,1-3H3. The van der Waals surface area contributed by atoms with E-state index >= 15 is 0 Å². The smallest absolute Gasteiger partial charge is 0.160 e.